The Bertz CT molecular complexity index is 431. The van der Waals surface area contributed by atoms with Gasteiger partial charge in [-0.3, -0.25) is 9.69 Å². The third-order valence-electron chi connectivity index (χ3n) is 3.84. The third-order valence-corrected chi connectivity index (χ3v) is 4.96. The summed E-state index contributed by atoms with van der Waals surface area (Å²) in [4.78, 5) is 15.4. The number of likely N-dealkylation sites (tertiary alicyclic amines) is 1. The van der Waals surface area contributed by atoms with Gasteiger partial charge in [0.2, 0.25) is 5.91 Å². The van der Waals surface area contributed by atoms with Crippen LogP contribution in [0.5, 0.6) is 0 Å². The molecule has 4 nitrogen and oxygen atoms in total. The highest BCUT2D eigenvalue weighted by Crippen LogP contribution is 2.25. The van der Waals surface area contributed by atoms with Crippen LogP contribution in [0, 0.1) is 0 Å². The van der Waals surface area contributed by atoms with Gasteiger partial charge in [0.25, 0.3) is 0 Å². The molecule has 2 rings (SSSR count). The molecule has 0 unspecified atom stereocenters. The first kappa shape index (κ1) is 15.5. The lowest BCUT2D eigenvalue weighted by molar-refractivity contribution is -0.126. The van der Waals surface area contributed by atoms with E-state index in [0.29, 0.717) is 0 Å². The first-order valence-corrected chi connectivity index (χ1v) is 8.20. The zero-order chi connectivity index (χ0) is 14.6. The molecule has 20 heavy (non-hydrogen) atoms. The molecule has 1 aromatic heterocycles. The molecule has 5 heteroatoms. The lowest BCUT2D eigenvalue weighted by Gasteiger charge is -2.26. The molecule has 0 radical (unpaired) electrons. The van der Waals surface area contributed by atoms with Crippen LogP contribution in [0.2, 0.25) is 0 Å². The SMILES string of the molecule is CCCN1CCC[C@H]1C(=O)NC[C@@](C)(O)c1cccs1. The summed E-state index contributed by atoms with van der Waals surface area (Å²) in [5.41, 5.74) is -0.988. The maximum absolute atomic E-state index is 12.3. The minimum atomic E-state index is -0.988. The Labute approximate surface area is 124 Å². The van der Waals surface area contributed by atoms with E-state index in [1.54, 1.807) is 6.92 Å². The maximum Gasteiger partial charge on any atom is 0.237 e. The molecule has 0 saturated carbocycles. The smallest absolute Gasteiger partial charge is 0.237 e. The summed E-state index contributed by atoms with van der Waals surface area (Å²) in [6.07, 6.45) is 3.07. The summed E-state index contributed by atoms with van der Waals surface area (Å²) in [6, 6.07) is 3.79. The molecule has 0 aliphatic carbocycles. The van der Waals surface area contributed by atoms with E-state index in [9.17, 15) is 9.90 Å². The molecule has 2 N–H and O–H groups in total. The van der Waals surface area contributed by atoms with Crippen LogP contribution in [0.3, 0.4) is 0 Å². The summed E-state index contributed by atoms with van der Waals surface area (Å²) in [5, 5.41) is 15.3. The second-order valence-corrected chi connectivity index (χ2v) is 6.61. The van der Waals surface area contributed by atoms with Crippen LogP contribution in [-0.2, 0) is 10.4 Å². The molecular formula is C15H24N2O2S. The highest BCUT2D eigenvalue weighted by molar-refractivity contribution is 7.10. The summed E-state index contributed by atoms with van der Waals surface area (Å²) >= 11 is 1.51. The van der Waals surface area contributed by atoms with Gasteiger partial charge in [-0.2, -0.15) is 0 Å². The predicted molar refractivity (Wildman–Crippen MR) is 81.8 cm³/mol. The van der Waals surface area contributed by atoms with Crippen molar-refractivity contribution < 1.29 is 9.90 Å². The van der Waals surface area contributed by atoms with Crippen molar-refractivity contribution in [2.24, 2.45) is 0 Å². The van der Waals surface area contributed by atoms with Crippen molar-refractivity contribution in [1.29, 1.82) is 0 Å². The van der Waals surface area contributed by atoms with E-state index in [1.807, 2.05) is 17.5 Å². The van der Waals surface area contributed by atoms with Gasteiger partial charge in [0.05, 0.1) is 12.6 Å². The number of nitrogens with zero attached hydrogens (tertiary/aromatic N) is 1. The Kier molecular flexibility index (Phi) is 5.18. The minimum absolute atomic E-state index is 0.0194. The summed E-state index contributed by atoms with van der Waals surface area (Å²) in [6.45, 7) is 6.13. The number of hydrogen-bond acceptors (Lipinski definition) is 4. The zero-order valence-electron chi connectivity index (χ0n) is 12.3. The van der Waals surface area contributed by atoms with Gasteiger partial charge in [-0.1, -0.05) is 13.0 Å². The normalized spacial score (nSPS) is 22.6. The first-order valence-electron chi connectivity index (χ1n) is 7.32. The van der Waals surface area contributed by atoms with Crippen LogP contribution < -0.4 is 5.32 Å². The van der Waals surface area contributed by atoms with Crippen molar-refractivity contribution in [3.8, 4) is 0 Å². The van der Waals surface area contributed by atoms with E-state index in [-0.39, 0.29) is 18.5 Å². The molecule has 1 aliphatic heterocycles. The number of carbonyl (C=O) groups excluding carboxylic acids is 1. The fourth-order valence-electron chi connectivity index (χ4n) is 2.73. The van der Waals surface area contributed by atoms with Crippen LogP contribution in [0.15, 0.2) is 17.5 Å². The van der Waals surface area contributed by atoms with Crippen LogP contribution in [-0.4, -0.2) is 41.6 Å². The third kappa shape index (κ3) is 3.59. The molecule has 1 aromatic rings. The van der Waals surface area contributed by atoms with Crippen molar-refractivity contribution in [1.82, 2.24) is 10.2 Å². The maximum atomic E-state index is 12.3. The highest BCUT2D eigenvalue weighted by Gasteiger charge is 2.32. The quantitative estimate of drug-likeness (QED) is 0.843. The van der Waals surface area contributed by atoms with Crippen LogP contribution in [0.1, 0.15) is 38.0 Å². The minimum Gasteiger partial charge on any atom is -0.383 e. The summed E-state index contributed by atoms with van der Waals surface area (Å²) < 4.78 is 0. The average Bonchev–Trinajstić information content (AvgIpc) is 3.07. The van der Waals surface area contributed by atoms with Crippen molar-refractivity contribution in [3.63, 3.8) is 0 Å². The first-order chi connectivity index (χ1) is 9.54. The molecule has 2 heterocycles. The van der Waals surface area contributed by atoms with Crippen molar-refractivity contribution in [2.45, 2.75) is 44.8 Å². The van der Waals surface area contributed by atoms with Gasteiger partial charge in [-0.25, -0.2) is 0 Å². The largest absolute Gasteiger partial charge is 0.383 e. The highest BCUT2D eigenvalue weighted by atomic mass is 32.1. The summed E-state index contributed by atoms with van der Waals surface area (Å²) in [7, 11) is 0. The average molecular weight is 296 g/mol. The van der Waals surface area contributed by atoms with E-state index in [2.05, 4.69) is 17.1 Å². The fourth-order valence-corrected chi connectivity index (χ4v) is 3.51. The van der Waals surface area contributed by atoms with E-state index in [0.717, 1.165) is 37.2 Å². The second-order valence-electron chi connectivity index (χ2n) is 5.66. The molecule has 0 bridgehead atoms. The van der Waals surface area contributed by atoms with Gasteiger partial charge >= 0.3 is 0 Å². The number of aliphatic hydroxyl groups is 1. The Morgan fingerprint density at radius 1 is 1.65 bits per heavy atom. The molecule has 112 valence electrons. The van der Waals surface area contributed by atoms with Gasteiger partial charge in [0.15, 0.2) is 0 Å². The number of thiophene rings is 1. The number of nitrogens with one attached hydrogen (secondary N) is 1. The van der Waals surface area contributed by atoms with E-state index in [1.165, 1.54) is 11.3 Å². The van der Waals surface area contributed by atoms with Gasteiger partial charge in [0.1, 0.15) is 5.60 Å². The van der Waals surface area contributed by atoms with E-state index >= 15 is 0 Å². The van der Waals surface area contributed by atoms with Crippen molar-refractivity contribution >= 4 is 17.2 Å². The molecule has 1 aliphatic rings. The van der Waals surface area contributed by atoms with Gasteiger partial charge < -0.3 is 10.4 Å². The van der Waals surface area contributed by atoms with Gasteiger partial charge in [-0.05, 0) is 50.7 Å². The molecular weight excluding hydrogens is 272 g/mol. The fraction of sp³-hybridized carbons (Fsp3) is 0.667. The van der Waals surface area contributed by atoms with Crippen molar-refractivity contribution in [3.05, 3.63) is 22.4 Å². The number of hydrogen-bond donors (Lipinski definition) is 2. The van der Waals surface area contributed by atoms with Crippen LogP contribution in [0.25, 0.3) is 0 Å². The monoisotopic (exact) mass is 296 g/mol. The van der Waals surface area contributed by atoms with E-state index in [4.69, 9.17) is 0 Å². The molecule has 1 amide bonds. The van der Waals surface area contributed by atoms with Crippen LogP contribution >= 0.6 is 11.3 Å². The lowest BCUT2D eigenvalue weighted by Crippen LogP contribution is -2.47. The topological polar surface area (TPSA) is 52.6 Å². The molecule has 0 aromatic carbocycles. The zero-order valence-corrected chi connectivity index (χ0v) is 13.1. The Morgan fingerprint density at radius 3 is 3.10 bits per heavy atom. The molecule has 1 saturated heterocycles. The predicted octanol–water partition coefficient (Wildman–Crippen LogP) is 1.95. The Morgan fingerprint density at radius 2 is 2.45 bits per heavy atom. The lowest BCUT2D eigenvalue weighted by atomic mass is 10.0. The Hall–Kier alpha value is -0.910. The number of carbonyl (C=O) groups is 1. The molecule has 2 atom stereocenters. The number of rotatable bonds is 6. The molecule has 0 spiro atoms. The Balaban J connectivity index is 1.89. The standard InChI is InChI=1S/C15H24N2O2S/c1-3-8-17-9-4-6-12(17)14(18)16-11-15(2,19)13-7-5-10-20-13/h5,7,10,12,19H,3-4,6,8-9,11H2,1-2H3,(H,16,18)/t12-,15+/m0/s1. The van der Waals surface area contributed by atoms with Gasteiger partial charge in [-0.15, -0.1) is 11.3 Å². The second kappa shape index (κ2) is 6.70. The van der Waals surface area contributed by atoms with Crippen molar-refractivity contribution in [2.75, 3.05) is 19.6 Å². The van der Waals surface area contributed by atoms with E-state index < -0.39 is 5.60 Å². The molecule has 1 fully saturated rings. The summed E-state index contributed by atoms with van der Waals surface area (Å²) in [5.74, 6) is 0.0489. The van der Waals surface area contributed by atoms with Crippen LogP contribution in [0.4, 0.5) is 0 Å². The number of amides is 1. The van der Waals surface area contributed by atoms with Gasteiger partial charge in [0, 0.05) is 4.88 Å².